The molecule has 9 aromatic carbocycles. The van der Waals surface area contributed by atoms with E-state index < -0.39 is 0 Å². The summed E-state index contributed by atoms with van der Waals surface area (Å²) in [5.41, 5.74) is 17.9. The number of rotatable bonds is 7. The van der Waals surface area contributed by atoms with Crippen LogP contribution in [0.4, 0.5) is 0 Å². The standard InChI is InChI=1S/C56H40O/c57-55-37-49(48-33-46(38-16-4-1-5-17-38)32-47(34-48)39-18-6-2-7-19-39)36-54(56(55)40-20-8-3-9-21-40)44-26-15-24-42(31-44)41-23-14-25-43(30-41)53-35-45-22-10-11-27-50(45)51-28-12-13-29-52(51)53/h1-9,11-21,23-37,57H,10,22H2. The van der Waals surface area contributed by atoms with Gasteiger partial charge in [0.15, 0.2) is 0 Å². The summed E-state index contributed by atoms with van der Waals surface area (Å²) in [4.78, 5) is 0. The van der Waals surface area contributed by atoms with E-state index >= 15 is 0 Å². The van der Waals surface area contributed by atoms with Gasteiger partial charge in [-0.05, 0) is 156 Å². The second kappa shape index (κ2) is 14.8. The van der Waals surface area contributed by atoms with Gasteiger partial charge in [0.2, 0.25) is 0 Å². The van der Waals surface area contributed by atoms with Crippen molar-refractivity contribution >= 4 is 16.8 Å². The van der Waals surface area contributed by atoms with Crippen LogP contribution in [0.5, 0.6) is 5.75 Å². The monoisotopic (exact) mass is 728 g/mol. The first-order valence-corrected chi connectivity index (χ1v) is 19.8. The lowest BCUT2D eigenvalue weighted by atomic mass is 9.86. The van der Waals surface area contributed by atoms with Crippen LogP contribution in [0.3, 0.4) is 0 Å². The topological polar surface area (TPSA) is 20.2 Å². The molecule has 9 aromatic rings. The number of fused-ring (bicyclic) bond motifs is 3. The number of hydrogen-bond donors (Lipinski definition) is 1. The van der Waals surface area contributed by atoms with Crippen LogP contribution >= 0.6 is 0 Å². The number of aryl methyl sites for hydroxylation is 1. The zero-order valence-corrected chi connectivity index (χ0v) is 31.6. The van der Waals surface area contributed by atoms with Crippen molar-refractivity contribution in [3.8, 4) is 83.6 Å². The molecule has 0 unspecified atom stereocenters. The van der Waals surface area contributed by atoms with Gasteiger partial charge in [-0.2, -0.15) is 0 Å². The second-order valence-electron chi connectivity index (χ2n) is 15.0. The van der Waals surface area contributed by atoms with Gasteiger partial charge in [-0.25, -0.2) is 0 Å². The Balaban J connectivity index is 1.12. The van der Waals surface area contributed by atoms with Crippen LogP contribution in [0.25, 0.3) is 94.7 Å². The van der Waals surface area contributed by atoms with E-state index in [1.165, 1.54) is 33.0 Å². The molecule has 270 valence electrons. The summed E-state index contributed by atoms with van der Waals surface area (Å²) in [6.45, 7) is 0. The highest BCUT2D eigenvalue weighted by Crippen LogP contribution is 2.45. The molecule has 0 fully saturated rings. The van der Waals surface area contributed by atoms with Gasteiger partial charge in [0.05, 0.1) is 0 Å². The fraction of sp³-hybridized carbons (Fsp3) is 0.0357. The molecule has 1 aliphatic carbocycles. The van der Waals surface area contributed by atoms with Crippen molar-refractivity contribution in [1.82, 2.24) is 0 Å². The van der Waals surface area contributed by atoms with Crippen LogP contribution in [-0.2, 0) is 6.42 Å². The Labute approximate surface area is 334 Å². The minimum Gasteiger partial charge on any atom is -0.507 e. The molecule has 0 atom stereocenters. The minimum atomic E-state index is 0.251. The molecule has 0 saturated heterocycles. The molecule has 0 radical (unpaired) electrons. The average Bonchev–Trinajstić information content (AvgIpc) is 3.29. The summed E-state index contributed by atoms with van der Waals surface area (Å²) < 4.78 is 0. The largest absolute Gasteiger partial charge is 0.507 e. The zero-order chi connectivity index (χ0) is 38.1. The van der Waals surface area contributed by atoms with Crippen LogP contribution in [0.1, 0.15) is 17.5 Å². The van der Waals surface area contributed by atoms with Crippen molar-refractivity contribution < 1.29 is 5.11 Å². The molecule has 1 aliphatic rings. The van der Waals surface area contributed by atoms with Crippen molar-refractivity contribution in [2.24, 2.45) is 0 Å². The fourth-order valence-electron chi connectivity index (χ4n) is 8.59. The van der Waals surface area contributed by atoms with Crippen molar-refractivity contribution in [3.05, 3.63) is 217 Å². The number of benzene rings is 9. The third kappa shape index (κ3) is 6.64. The van der Waals surface area contributed by atoms with Crippen molar-refractivity contribution in [1.29, 1.82) is 0 Å². The number of hydrogen-bond acceptors (Lipinski definition) is 1. The van der Waals surface area contributed by atoms with Crippen molar-refractivity contribution in [2.45, 2.75) is 12.8 Å². The third-order valence-electron chi connectivity index (χ3n) is 11.4. The van der Waals surface area contributed by atoms with Crippen LogP contribution in [0, 0.1) is 0 Å². The maximum absolute atomic E-state index is 12.0. The third-order valence-corrected chi connectivity index (χ3v) is 11.4. The van der Waals surface area contributed by atoms with Crippen LogP contribution in [-0.4, -0.2) is 5.11 Å². The average molecular weight is 729 g/mol. The van der Waals surface area contributed by atoms with E-state index in [9.17, 15) is 5.11 Å². The highest BCUT2D eigenvalue weighted by molar-refractivity contribution is 6.03. The summed E-state index contributed by atoms with van der Waals surface area (Å²) >= 11 is 0. The van der Waals surface area contributed by atoms with Gasteiger partial charge in [-0.15, -0.1) is 0 Å². The summed E-state index contributed by atoms with van der Waals surface area (Å²) in [6.07, 6.45) is 6.73. The zero-order valence-electron chi connectivity index (χ0n) is 31.6. The molecule has 57 heavy (non-hydrogen) atoms. The Kier molecular flexibility index (Phi) is 8.89. The molecule has 10 rings (SSSR count). The van der Waals surface area contributed by atoms with Gasteiger partial charge in [0.25, 0.3) is 0 Å². The predicted octanol–water partition coefficient (Wildman–Crippen LogP) is 15.2. The fourth-order valence-corrected chi connectivity index (χ4v) is 8.59. The minimum absolute atomic E-state index is 0.251. The molecule has 0 bridgehead atoms. The van der Waals surface area contributed by atoms with Gasteiger partial charge in [0.1, 0.15) is 5.75 Å². The van der Waals surface area contributed by atoms with Crippen LogP contribution in [0.2, 0.25) is 0 Å². The highest BCUT2D eigenvalue weighted by atomic mass is 16.3. The van der Waals surface area contributed by atoms with E-state index in [-0.39, 0.29) is 5.75 Å². The highest BCUT2D eigenvalue weighted by Gasteiger charge is 2.18. The number of phenols is 1. The summed E-state index contributed by atoms with van der Waals surface area (Å²) in [6, 6.07) is 71.1. The smallest absolute Gasteiger partial charge is 0.124 e. The maximum atomic E-state index is 12.0. The van der Waals surface area contributed by atoms with E-state index in [2.05, 4.69) is 188 Å². The van der Waals surface area contributed by atoms with E-state index in [0.29, 0.717) is 0 Å². The lowest BCUT2D eigenvalue weighted by Crippen LogP contribution is -1.97. The number of phenolic OH excluding ortho intramolecular Hbond substituents is 1. The molecule has 1 nitrogen and oxygen atoms in total. The Hall–Kier alpha value is -7.22. The van der Waals surface area contributed by atoms with E-state index in [0.717, 1.165) is 79.6 Å². The molecular weight excluding hydrogens is 689 g/mol. The normalized spacial score (nSPS) is 12.1. The molecule has 1 heteroatoms. The maximum Gasteiger partial charge on any atom is 0.124 e. The van der Waals surface area contributed by atoms with E-state index in [1.807, 2.05) is 24.3 Å². The Bertz CT molecular complexity index is 2880. The van der Waals surface area contributed by atoms with Gasteiger partial charge < -0.3 is 5.11 Å². The Morgan fingerprint density at radius 2 is 0.789 bits per heavy atom. The first-order valence-electron chi connectivity index (χ1n) is 19.8. The molecule has 0 heterocycles. The summed E-state index contributed by atoms with van der Waals surface area (Å²) in [5, 5.41) is 14.6. The number of allylic oxidation sites excluding steroid dienone is 1. The lowest BCUT2D eigenvalue weighted by molar-refractivity contribution is 0.478. The van der Waals surface area contributed by atoms with Gasteiger partial charge in [-0.3, -0.25) is 0 Å². The quantitative estimate of drug-likeness (QED) is 0.173. The van der Waals surface area contributed by atoms with Gasteiger partial charge in [0, 0.05) is 5.56 Å². The first kappa shape index (κ1) is 34.3. The molecule has 0 amide bonds. The predicted molar refractivity (Wildman–Crippen MR) is 241 cm³/mol. The molecular formula is C56H40O. The molecule has 0 aromatic heterocycles. The molecule has 0 spiro atoms. The summed E-state index contributed by atoms with van der Waals surface area (Å²) in [7, 11) is 0. The van der Waals surface area contributed by atoms with Gasteiger partial charge >= 0.3 is 0 Å². The van der Waals surface area contributed by atoms with Crippen LogP contribution in [0.15, 0.2) is 206 Å². The van der Waals surface area contributed by atoms with Crippen molar-refractivity contribution in [3.63, 3.8) is 0 Å². The SMILES string of the molecule is Oc1cc(-c2cc(-c3ccccc3)cc(-c3ccccc3)c2)cc(-c2cccc(-c3cccc(-c4cc5c(c6ccccc46)C=CCC5)c3)c2)c1-c1ccccc1. The lowest BCUT2D eigenvalue weighted by Gasteiger charge is -2.18. The summed E-state index contributed by atoms with van der Waals surface area (Å²) in [5.74, 6) is 0.251. The van der Waals surface area contributed by atoms with Gasteiger partial charge in [-0.1, -0.05) is 164 Å². The Morgan fingerprint density at radius 3 is 1.40 bits per heavy atom. The second-order valence-corrected chi connectivity index (χ2v) is 15.0. The molecule has 1 N–H and O–H groups in total. The molecule has 0 saturated carbocycles. The number of aromatic hydroxyl groups is 1. The van der Waals surface area contributed by atoms with E-state index in [4.69, 9.17) is 0 Å². The van der Waals surface area contributed by atoms with Crippen LogP contribution < -0.4 is 0 Å². The Morgan fingerprint density at radius 1 is 0.333 bits per heavy atom. The molecule has 0 aliphatic heterocycles. The van der Waals surface area contributed by atoms with E-state index in [1.54, 1.807) is 0 Å². The van der Waals surface area contributed by atoms with Crippen molar-refractivity contribution in [2.75, 3.05) is 0 Å². The first-order chi connectivity index (χ1) is 28.2.